The van der Waals surface area contributed by atoms with Gasteiger partial charge in [0, 0.05) is 19.2 Å². The summed E-state index contributed by atoms with van der Waals surface area (Å²) in [5.41, 5.74) is 2.19. The molecule has 10 heteroatoms. The molecule has 0 spiro atoms. The number of esters is 1. The Balaban J connectivity index is 1.98. The van der Waals surface area contributed by atoms with Crippen LogP contribution in [0.4, 0.5) is 0 Å². The zero-order valence-corrected chi connectivity index (χ0v) is 23.0. The molecule has 0 saturated heterocycles. The quantitative estimate of drug-likeness (QED) is 0.358. The van der Waals surface area contributed by atoms with Crippen molar-refractivity contribution in [3.63, 3.8) is 0 Å². The van der Waals surface area contributed by atoms with Gasteiger partial charge in [-0.25, -0.2) is 12.7 Å². The summed E-state index contributed by atoms with van der Waals surface area (Å²) in [6.45, 7) is 8.56. The van der Waals surface area contributed by atoms with Crippen molar-refractivity contribution in [2.24, 2.45) is 4.99 Å². The molecule has 0 N–H and O–H groups in total. The molecule has 0 saturated carbocycles. The summed E-state index contributed by atoms with van der Waals surface area (Å²) < 4.78 is 34.5. The Hall–Kier alpha value is -2.82. The fraction of sp³-hybridized carbons (Fsp3) is 0.423. The Morgan fingerprint density at radius 2 is 1.81 bits per heavy atom. The normalized spacial score (nSPS) is 12.6. The first-order chi connectivity index (χ1) is 17.1. The molecule has 0 unspecified atom stereocenters. The molecule has 0 radical (unpaired) electrons. The predicted octanol–water partition coefficient (Wildman–Crippen LogP) is 4.55. The summed E-state index contributed by atoms with van der Waals surface area (Å²) in [4.78, 5) is 30.1. The standard InChI is InChI=1S/C26H33N3O5S2/c1-6-8-15-28(5)36(32,33)21-12-9-19(10-13-21)25(31)27-26-29(17-24(30)34-7-2)22-14-11-20(18(3)4)16-23(22)35-26/h9-14,16,18H,6-8,15,17H2,1-5H3. The molecule has 194 valence electrons. The number of ether oxygens (including phenoxy) is 1. The number of fused-ring (bicyclic) bond motifs is 1. The van der Waals surface area contributed by atoms with E-state index in [2.05, 4.69) is 18.8 Å². The van der Waals surface area contributed by atoms with Crippen LogP contribution in [0.2, 0.25) is 0 Å². The van der Waals surface area contributed by atoms with E-state index in [0.717, 1.165) is 28.6 Å². The van der Waals surface area contributed by atoms with Gasteiger partial charge in [0.2, 0.25) is 10.0 Å². The zero-order chi connectivity index (χ0) is 26.5. The lowest BCUT2D eigenvalue weighted by atomic mass is 10.0. The van der Waals surface area contributed by atoms with Crippen molar-refractivity contribution in [1.82, 2.24) is 8.87 Å². The van der Waals surface area contributed by atoms with Gasteiger partial charge in [-0.05, 0) is 61.2 Å². The first kappa shape index (κ1) is 27.8. The average Bonchev–Trinajstić information content (AvgIpc) is 3.18. The lowest BCUT2D eigenvalue weighted by Crippen LogP contribution is -2.27. The number of hydrogen-bond donors (Lipinski definition) is 0. The topological polar surface area (TPSA) is 98.0 Å². The van der Waals surface area contributed by atoms with Crippen molar-refractivity contribution in [2.45, 2.75) is 57.9 Å². The predicted molar refractivity (Wildman–Crippen MR) is 142 cm³/mol. The summed E-state index contributed by atoms with van der Waals surface area (Å²) in [7, 11) is -2.08. The second-order valence-electron chi connectivity index (χ2n) is 8.78. The van der Waals surface area contributed by atoms with E-state index in [4.69, 9.17) is 4.74 Å². The molecule has 0 aliphatic rings. The van der Waals surface area contributed by atoms with E-state index < -0.39 is 21.9 Å². The molecule has 0 bridgehead atoms. The van der Waals surface area contributed by atoms with E-state index in [0.29, 0.717) is 17.3 Å². The lowest BCUT2D eigenvalue weighted by Gasteiger charge is -2.16. The van der Waals surface area contributed by atoms with Crippen LogP contribution < -0.4 is 4.80 Å². The highest BCUT2D eigenvalue weighted by Gasteiger charge is 2.21. The first-order valence-corrected chi connectivity index (χ1v) is 14.3. The molecule has 1 aromatic heterocycles. The van der Waals surface area contributed by atoms with E-state index >= 15 is 0 Å². The Kier molecular flexibility index (Phi) is 9.21. The third-order valence-corrected chi connectivity index (χ3v) is 8.71. The second kappa shape index (κ2) is 11.9. The van der Waals surface area contributed by atoms with Gasteiger partial charge in [-0.15, -0.1) is 0 Å². The maximum Gasteiger partial charge on any atom is 0.326 e. The molecule has 0 atom stereocenters. The van der Waals surface area contributed by atoms with Crippen LogP contribution in [0, 0.1) is 0 Å². The number of rotatable bonds is 10. The van der Waals surface area contributed by atoms with Crippen LogP contribution in [0.3, 0.4) is 0 Å². The second-order valence-corrected chi connectivity index (χ2v) is 11.8. The van der Waals surface area contributed by atoms with E-state index in [9.17, 15) is 18.0 Å². The first-order valence-electron chi connectivity index (χ1n) is 12.0. The summed E-state index contributed by atoms with van der Waals surface area (Å²) in [6.07, 6.45) is 1.66. The molecule has 0 aliphatic heterocycles. The molecule has 1 heterocycles. The smallest absolute Gasteiger partial charge is 0.326 e. The van der Waals surface area contributed by atoms with Gasteiger partial charge in [0.15, 0.2) is 4.80 Å². The van der Waals surface area contributed by atoms with Gasteiger partial charge in [0.05, 0.1) is 21.7 Å². The number of benzene rings is 2. The van der Waals surface area contributed by atoms with Crippen molar-refractivity contribution in [3.05, 3.63) is 58.4 Å². The Morgan fingerprint density at radius 1 is 1.11 bits per heavy atom. The average molecular weight is 532 g/mol. The van der Waals surface area contributed by atoms with Gasteiger partial charge in [0.25, 0.3) is 5.91 Å². The van der Waals surface area contributed by atoms with Gasteiger partial charge in [0.1, 0.15) is 6.54 Å². The molecule has 1 amide bonds. The summed E-state index contributed by atoms with van der Waals surface area (Å²) >= 11 is 1.32. The fourth-order valence-electron chi connectivity index (χ4n) is 3.62. The van der Waals surface area contributed by atoms with E-state index in [-0.39, 0.29) is 23.6 Å². The molecular weight excluding hydrogens is 498 g/mol. The minimum Gasteiger partial charge on any atom is -0.465 e. The van der Waals surface area contributed by atoms with E-state index in [1.54, 1.807) is 18.5 Å². The maximum atomic E-state index is 13.0. The molecule has 8 nitrogen and oxygen atoms in total. The molecule has 3 aromatic rings. The highest BCUT2D eigenvalue weighted by atomic mass is 32.2. The van der Waals surface area contributed by atoms with Crippen molar-refractivity contribution in [2.75, 3.05) is 20.2 Å². The monoisotopic (exact) mass is 531 g/mol. The number of carbonyl (C=O) groups excluding carboxylic acids is 2. The number of carbonyl (C=O) groups is 2. The van der Waals surface area contributed by atoms with Gasteiger partial charge in [-0.3, -0.25) is 9.59 Å². The van der Waals surface area contributed by atoms with Crippen LogP contribution in [0.5, 0.6) is 0 Å². The summed E-state index contributed by atoms with van der Waals surface area (Å²) in [6, 6.07) is 11.8. The largest absolute Gasteiger partial charge is 0.465 e. The third-order valence-electron chi connectivity index (χ3n) is 5.80. The van der Waals surface area contributed by atoms with Crippen molar-refractivity contribution in [3.8, 4) is 0 Å². The van der Waals surface area contributed by atoms with Gasteiger partial charge in [-0.2, -0.15) is 4.99 Å². The van der Waals surface area contributed by atoms with Crippen LogP contribution in [0.25, 0.3) is 10.2 Å². The molecule has 3 rings (SSSR count). The zero-order valence-electron chi connectivity index (χ0n) is 21.4. The van der Waals surface area contributed by atoms with Gasteiger partial charge < -0.3 is 9.30 Å². The van der Waals surface area contributed by atoms with Crippen LogP contribution >= 0.6 is 11.3 Å². The summed E-state index contributed by atoms with van der Waals surface area (Å²) in [5, 5.41) is 0. The van der Waals surface area contributed by atoms with Crippen molar-refractivity contribution >= 4 is 43.5 Å². The highest BCUT2D eigenvalue weighted by molar-refractivity contribution is 7.89. The van der Waals surface area contributed by atoms with Crippen LogP contribution in [0.15, 0.2) is 52.4 Å². The molecular formula is C26H33N3O5S2. The SMILES string of the molecule is CCCCN(C)S(=O)(=O)c1ccc(C(=O)N=c2sc3cc(C(C)C)ccc3n2CC(=O)OCC)cc1. The number of hydrogen-bond acceptors (Lipinski definition) is 6. The Labute approximate surface area is 216 Å². The Morgan fingerprint density at radius 3 is 2.42 bits per heavy atom. The van der Waals surface area contributed by atoms with E-state index in [1.165, 1.54) is 39.9 Å². The van der Waals surface area contributed by atoms with Crippen LogP contribution in [-0.4, -0.2) is 49.4 Å². The van der Waals surface area contributed by atoms with Crippen molar-refractivity contribution < 1.29 is 22.7 Å². The van der Waals surface area contributed by atoms with E-state index in [1.807, 2.05) is 25.1 Å². The number of amides is 1. The number of nitrogens with zero attached hydrogens (tertiary/aromatic N) is 3. The minimum atomic E-state index is -3.63. The molecule has 2 aromatic carbocycles. The van der Waals surface area contributed by atoms with Gasteiger partial charge >= 0.3 is 5.97 Å². The van der Waals surface area contributed by atoms with Crippen molar-refractivity contribution in [1.29, 1.82) is 0 Å². The van der Waals surface area contributed by atoms with Gasteiger partial charge in [-0.1, -0.05) is 44.6 Å². The number of thiazole rings is 1. The Bertz CT molecular complexity index is 1400. The molecule has 36 heavy (non-hydrogen) atoms. The summed E-state index contributed by atoms with van der Waals surface area (Å²) in [5.74, 6) is -0.611. The third kappa shape index (κ3) is 6.29. The highest BCUT2D eigenvalue weighted by Crippen LogP contribution is 2.24. The van der Waals surface area contributed by atoms with Crippen LogP contribution in [-0.2, 0) is 26.1 Å². The number of aromatic nitrogens is 1. The minimum absolute atomic E-state index is 0.0672. The van der Waals surface area contributed by atoms with Crippen LogP contribution in [0.1, 0.15) is 62.4 Å². The maximum absolute atomic E-state index is 13.0. The molecule has 0 fully saturated rings. The lowest BCUT2D eigenvalue weighted by molar-refractivity contribution is -0.143. The number of unbranched alkanes of at least 4 members (excludes halogenated alkanes) is 1. The number of sulfonamides is 1. The fourth-order valence-corrected chi connectivity index (χ4v) is 5.91. The molecule has 0 aliphatic carbocycles.